The molecule has 4 aromatic rings. The standard InChI is InChI=1S/C37H43N5O4S.C12H23NO4/c38-24-31-15-7-14-30(21-31)22-33(37(44)41-25-28-17-19-32(20-18-28)36(39)40)23-35(43)34(16-8-13-27-9-3-1-4-10-27)42-47(45,46)26-29-11-5-2-6-12-29;1-3-4-11(14)5-6-12(15)13-7-8-17-10-9-16-2/h1-7,9-12,14-15,17-21,33-34,42H,8,13,16,22-26,38H2,(H3,39,40)(H,41,44);3-10H2,1-2H3,(H,13,15)/t33-,34-;/m1./s1. The van der Waals surface area contributed by atoms with Crippen molar-refractivity contribution in [1.82, 2.24) is 15.4 Å². The van der Waals surface area contributed by atoms with Gasteiger partial charge in [0.2, 0.25) is 21.8 Å². The Hall–Kier alpha value is -5.58. The van der Waals surface area contributed by atoms with Crippen LogP contribution in [0.25, 0.3) is 0 Å². The molecule has 0 aliphatic heterocycles. The first-order valence-corrected chi connectivity index (χ1v) is 23.4. The van der Waals surface area contributed by atoms with Crippen molar-refractivity contribution in [3.63, 3.8) is 0 Å². The molecule has 0 aliphatic rings. The molecule has 0 saturated carbocycles. The van der Waals surface area contributed by atoms with Crippen LogP contribution in [0.1, 0.15) is 85.3 Å². The highest BCUT2D eigenvalue weighted by Crippen LogP contribution is 2.19. The van der Waals surface area contributed by atoms with Crippen LogP contribution >= 0.6 is 0 Å². The number of aryl methyl sites for hydroxylation is 1. The number of benzene rings is 4. The number of ketones is 2. The van der Waals surface area contributed by atoms with Gasteiger partial charge in [0.1, 0.15) is 11.6 Å². The Morgan fingerprint density at radius 1 is 0.750 bits per heavy atom. The Morgan fingerprint density at radius 2 is 1.41 bits per heavy atom. The molecule has 0 heterocycles. The summed E-state index contributed by atoms with van der Waals surface area (Å²) in [6, 6.07) is 32.2. The molecule has 0 fully saturated rings. The number of amidine groups is 1. The zero-order valence-corrected chi connectivity index (χ0v) is 38.0. The van der Waals surface area contributed by atoms with Crippen molar-refractivity contribution in [1.29, 1.82) is 5.41 Å². The van der Waals surface area contributed by atoms with Gasteiger partial charge < -0.3 is 31.6 Å². The molecule has 0 unspecified atom stereocenters. The normalized spacial score (nSPS) is 12.0. The quantitative estimate of drug-likeness (QED) is 0.0234. The van der Waals surface area contributed by atoms with E-state index in [-0.39, 0.29) is 60.8 Å². The zero-order valence-electron chi connectivity index (χ0n) is 37.2. The van der Waals surface area contributed by atoms with Gasteiger partial charge in [-0.1, -0.05) is 116 Å². The van der Waals surface area contributed by atoms with E-state index >= 15 is 0 Å². The maximum atomic E-state index is 14.0. The van der Waals surface area contributed by atoms with E-state index < -0.39 is 22.0 Å². The number of amides is 2. The molecule has 4 aromatic carbocycles. The van der Waals surface area contributed by atoms with Crippen LogP contribution in [0.5, 0.6) is 0 Å². The van der Waals surface area contributed by atoms with Gasteiger partial charge in [-0.25, -0.2) is 13.1 Å². The van der Waals surface area contributed by atoms with Crippen molar-refractivity contribution in [2.75, 3.05) is 33.5 Å². The molecule has 15 heteroatoms. The van der Waals surface area contributed by atoms with Crippen molar-refractivity contribution < 1.29 is 37.1 Å². The number of nitrogens with two attached hydrogens (primary N) is 2. The minimum atomic E-state index is -3.86. The number of carbonyl (C=O) groups excluding carboxylic acids is 4. The van der Waals surface area contributed by atoms with Gasteiger partial charge in [-0.3, -0.25) is 24.6 Å². The summed E-state index contributed by atoms with van der Waals surface area (Å²) < 4.78 is 39.2. The van der Waals surface area contributed by atoms with Crippen LogP contribution in [0.4, 0.5) is 0 Å². The first kappa shape index (κ1) is 52.8. The number of rotatable bonds is 29. The van der Waals surface area contributed by atoms with Crippen LogP contribution in [0.2, 0.25) is 0 Å². The van der Waals surface area contributed by atoms with Crippen LogP contribution in [-0.4, -0.2) is 77.2 Å². The lowest BCUT2D eigenvalue weighted by atomic mass is 9.89. The largest absolute Gasteiger partial charge is 0.384 e. The lowest BCUT2D eigenvalue weighted by Gasteiger charge is -2.22. The molecule has 0 aliphatic carbocycles. The second-order valence-corrected chi connectivity index (χ2v) is 17.2. The van der Waals surface area contributed by atoms with Crippen molar-refractivity contribution in [3.05, 3.63) is 143 Å². The summed E-state index contributed by atoms with van der Waals surface area (Å²) in [5.41, 5.74) is 16.3. The van der Waals surface area contributed by atoms with Crippen molar-refractivity contribution in [2.45, 2.75) is 89.6 Å². The average molecular weight is 899 g/mol. The molecule has 2 atom stereocenters. The Morgan fingerprint density at radius 3 is 2.05 bits per heavy atom. The molecular weight excluding hydrogens is 833 g/mol. The van der Waals surface area contributed by atoms with E-state index in [2.05, 4.69) is 15.4 Å². The van der Waals surface area contributed by atoms with Crippen molar-refractivity contribution in [2.24, 2.45) is 17.4 Å². The van der Waals surface area contributed by atoms with E-state index in [0.29, 0.717) is 76.1 Å². The summed E-state index contributed by atoms with van der Waals surface area (Å²) in [6.07, 6.45) is 3.71. The first-order valence-electron chi connectivity index (χ1n) is 21.8. The summed E-state index contributed by atoms with van der Waals surface area (Å²) in [4.78, 5) is 50.1. The Kier molecular flexibility index (Phi) is 24.5. The summed E-state index contributed by atoms with van der Waals surface area (Å²) in [6.45, 7) is 4.54. The summed E-state index contributed by atoms with van der Waals surface area (Å²) in [5.74, 6) is -1.64. The number of sulfonamides is 1. The van der Waals surface area contributed by atoms with Gasteiger partial charge in [0.15, 0.2) is 5.78 Å². The second-order valence-electron chi connectivity index (χ2n) is 15.5. The maximum absolute atomic E-state index is 14.0. The number of nitrogens with one attached hydrogen (secondary N) is 4. The number of hydrogen-bond acceptors (Lipinski definition) is 10. The molecule has 0 spiro atoms. The number of Topliss-reactive ketones (excluding diaryl/α,β-unsaturated/α-hetero) is 2. The minimum absolute atomic E-state index is 0.0448. The van der Waals surface area contributed by atoms with E-state index in [1.165, 1.54) is 0 Å². The fourth-order valence-electron chi connectivity index (χ4n) is 6.69. The van der Waals surface area contributed by atoms with Gasteiger partial charge in [-0.05, 0) is 59.9 Å². The van der Waals surface area contributed by atoms with E-state index in [1.807, 2.05) is 67.6 Å². The number of ether oxygens (including phenoxy) is 2. The zero-order chi connectivity index (χ0) is 46.6. The molecule has 64 heavy (non-hydrogen) atoms. The molecule has 0 aromatic heterocycles. The van der Waals surface area contributed by atoms with Gasteiger partial charge in [0, 0.05) is 63.9 Å². The highest BCUT2D eigenvalue weighted by molar-refractivity contribution is 7.88. The molecule has 346 valence electrons. The predicted molar refractivity (Wildman–Crippen MR) is 251 cm³/mol. The van der Waals surface area contributed by atoms with Crippen LogP contribution < -0.4 is 26.8 Å². The molecule has 0 radical (unpaired) electrons. The van der Waals surface area contributed by atoms with Gasteiger partial charge in [-0.2, -0.15) is 0 Å². The number of carbonyl (C=O) groups is 4. The fraction of sp³-hybridized carbons (Fsp3) is 0.408. The van der Waals surface area contributed by atoms with Gasteiger partial charge in [0.25, 0.3) is 0 Å². The molecule has 0 saturated heterocycles. The van der Waals surface area contributed by atoms with Gasteiger partial charge in [-0.15, -0.1) is 0 Å². The lowest BCUT2D eigenvalue weighted by molar-refractivity contribution is -0.130. The Bertz CT molecular complexity index is 2140. The summed E-state index contributed by atoms with van der Waals surface area (Å²) in [7, 11) is -2.25. The molecule has 8 N–H and O–H groups in total. The number of nitrogen functional groups attached to an aromatic ring is 1. The summed E-state index contributed by atoms with van der Waals surface area (Å²) in [5, 5.41) is 13.2. The fourth-order valence-corrected chi connectivity index (χ4v) is 8.09. The van der Waals surface area contributed by atoms with Gasteiger partial charge in [0.05, 0.1) is 31.6 Å². The van der Waals surface area contributed by atoms with Crippen LogP contribution in [-0.2, 0) is 70.4 Å². The third-order valence-corrected chi connectivity index (χ3v) is 11.5. The van der Waals surface area contributed by atoms with E-state index in [9.17, 15) is 27.6 Å². The highest BCUT2D eigenvalue weighted by atomic mass is 32.2. The van der Waals surface area contributed by atoms with Crippen LogP contribution in [0, 0.1) is 11.3 Å². The molecule has 14 nitrogen and oxygen atoms in total. The number of methoxy groups -OCH3 is 1. The van der Waals surface area contributed by atoms with Crippen LogP contribution in [0.15, 0.2) is 109 Å². The lowest BCUT2D eigenvalue weighted by Crippen LogP contribution is -2.43. The van der Waals surface area contributed by atoms with E-state index in [0.717, 1.165) is 28.7 Å². The third-order valence-electron chi connectivity index (χ3n) is 10.1. The Balaban J connectivity index is 0.000000541. The third kappa shape index (κ3) is 21.7. The van der Waals surface area contributed by atoms with Gasteiger partial charge >= 0.3 is 0 Å². The average Bonchev–Trinajstić information content (AvgIpc) is 3.29. The van der Waals surface area contributed by atoms with Crippen LogP contribution in [0.3, 0.4) is 0 Å². The maximum Gasteiger partial charge on any atom is 0.224 e. The molecule has 2 amide bonds. The van der Waals surface area contributed by atoms with E-state index in [1.54, 1.807) is 55.6 Å². The second kappa shape index (κ2) is 29.7. The Labute approximate surface area is 378 Å². The molecular formula is C49H66N6O8S. The SMILES string of the molecule is CCCC(=O)CCC(=O)NCCOCCOC.N=C(N)c1ccc(CNC(=O)[C@@H](CC(=O)[C@@H](CCCc2ccccc2)NS(=O)(=O)Cc2ccccc2)Cc2cccc(CN)c2)cc1. The first-order chi connectivity index (χ1) is 30.8. The number of hydrogen-bond donors (Lipinski definition) is 6. The smallest absolute Gasteiger partial charge is 0.224 e. The highest BCUT2D eigenvalue weighted by Gasteiger charge is 2.30. The molecule has 0 bridgehead atoms. The predicted octanol–water partition coefficient (Wildman–Crippen LogP) is 5.29. The summed E-state index contributed by atoms with van der Waals surface area (Å²) >= 11 is 0. The topological polar surface area (TPSA) is 233 Å². The molecule has 4 rings (SSSR count). The minimum Gasteiger partial charge on any atom is -0.384 e. The van der Waals surface area contributed by atoms with Crippen molar-refractivity contribution >= 4 is 39.2 Å². The monoisotopic (exact) mass is 898 g/mol. The van der Waals surface area contributed by atoms with Crippen molar-refractivity contribution in [3.8, 4) is 0 Å². The van der Waals surface area contributed by atoms with E-state index in [4.69, 9.17) is 26.4 Å².